The lowest BCUT2D eigenvalue weighted by atomic mass is 9.49. The first-order valence-electron chi connectivity index (χ1n) is 11.0. The third kappa shape index (κ3) is 1.49. The molecule has 138 valence electrons. The molecule has 26 heavy (non-hydrogen) atoms. The molecule has 0 radical (unpaired) electrons. The van der Waals surface area contributed by atoms with Gasteiger partial charge in [0.05, 0.1) is 0 Å². The maximum absolute atomic E-state index is 12.1. The molecule has 6 aliphatic carbocycles. The zero-order valence-corrected chi connectivity index (χ0v) is 15.6. The van der Waals surface area contributed by atoms with Crippen molar-refractivity contribution in [2.45, 2.75) is 63.9 Å². The van der Waals surface area contributed by atoms with Gasteiger partial charge in [-0.1, -0.05) is 12.5 Å². The number of fused-ring (bicyclic) bond motifs is 12. The Hall–Kier alpha value is -1.12. The van der Waals surface area contributed by atoms with Crippen LogP contribution in [0.4, 0.5) is 0 Å². The fourth-order valence-electron chi connectivity index (χ4n) is 9.35. The Morgan fingerprint density at radius 1 is 1.00 bits per heavy atom. The number of carbonyl (C=O) groups excluding carboxylic acids is 2. The lowest BCUT2D eigenvalue weighted by Crippen LogP contribution is -2.55. The van der Waals surface area contributed by atoms with E-state index in [0.29, 0.717) is 30.0 Å². The molecule has 0 aromatic heterocycles. The zero-order valence-electron chi connectivity index (χ0n) is 15.6. The number of hydrogen-bond acceptors (Lipinski definition) is 3. The van der Waals surface area contributed by atoms with Crippen molar-refractivity contribution < 1.29 is 14.3 Å². The van der Waals surface area contributed by atoms with E-state index in [1.807, 2.05) is 0 Å². The molecule has 7 rings (SSSR count). The summed E-state index contributed by atoms with van der Waals surface area (Å²) in [7, 11) is 0. The highest BCUT2D eigenvalue weighted by Crippen LogP contribution is 2.81. The molecular formula is C23H28O3. The number of ketones is 1. The first-order chi connectivity index (χ1) is 12.5. The van der Waals surface area contributed by atoms with Gasteiger partial charge in [-0.25, -0.2) is 0 Å². The van der Waals surface area contributed by atoms with Crippen LogP contribution in [0.25, 0.3) is 0 Å². The molecule has 0 bridgehead atoms. The molecule has 6 fully saturated rings. The van der Waals surface area contributed by atoms with Gasteiger partial charge in [0.25, 0.3) is 0 Å². The topological polar surface area (TPSA) is 43.4 Å². The second kappa shape index (κ2) is 4.31. The van der Waals surface area contributed by atoms with E-state index in [1.54, 1.807) is 5.57 Å². The Morgan fingerprint density at radius 3 is 2.69 bits per heavy atom. The molecule has 1 aliphatic heterocycles. The van der Waals surface area contributed by atoms with Gasteiger partial charge in [-0.3, -0.25) is 9.59 Å². The molecular weight excluding hydrogens is 324 g/mol. The molecule has 0 N–H and O–H groups in total. The van der Waals surface area contributed by atoms with Gasteiger partial charge in [0.1, 0.15) is 5.60 Å². The van der Waals surface area contributed by atoms with E-state index in [0.717, 1.165) is 48.9 Å². The summed E-state index contributed by atoms with van der Waals surface area (Å²) < 4.78 is 6.19. The Labute approximate surface area is 154 Å². The fourth-order valence-corrected chi connectivity index (χ4v) is 9.35. The van der Waals surface area contributed by atoms with Crippen LogP contribution < -0.4 is 0 Å². The van der Waals surface area contributed by atoms with Crippen LogP contribution in [0.5, 0.6) is 0 Å². The van der Waals surface area contributed by atoms with E-state index in [2.05, 4.69) is 13.0 Å². The number of ether oxygens (including phenoxy) is 1. The summed E-state index contributed by atoms with van der Waals surface area (Å²) in [6, 6.07) is 0. The highest BCUT2D eigenvalue weighted by Gasteiger charge is 2.80. The average molecular weight is 352 g/mol. The van der Waals surface area contributed by atoms with Gasteiger partial charge >= 0.3 is 5.97 Å². The zero-order chi connectivity index (χ0) is 17.4. The van der Waals surface area contributed by atoms with Gasteiger partial charge in [0, 0.05) is 24.2 Å². The molecule has 1 saturated heterocycles. The quantitative estimate of drug-likeness (QED) is 0.621. The van der Waals surface area contributed by atoms with Crippen molar-refractivity contribution in [1.29, 1.82) is 0 Å². The van der Waals surface area contributed by atoms with Crippen LogP contribution in [0.1, 0.15) is 58.3 Å². The number of hydrogen-bond donors (Lipinski definition) is 0. The Morgan fingerprint density at radius 2 is 1.88 bits per heavy atom. The van der Waals surface area contributed by atoms with E-state index >= 15 is 0 Å². The molecule has 6 unspecified atom stereocenters. The van der Waals surface area contributed by atoms with Gasteiger partial charge in [0.15, 0.2) is 5.78 Å². The normalized spacial score (nSPS) is 61.0. The Balaban J connectivity index is 1.31. The summed E-state index contributed by atoms with van der Waals surface area (Å²) in [5.74, 6) is 6.54. The van der Waals surface area contributed by atoms with Crippen molar-refractivity contribution in [3.63, 3.8) is 0 Å². The van der Waals surface area contributed by atoms with E-state index in [4.69, 9.17) is 4.74 Å². The first-order valence-corrected chi connectivity index (χ1v) is 11.0. The summed E-state index contributed by atoms with van der Waals surface area (Å²) in [6.07, 6.45) is 10.7. The first kappa shape index (κ1) is 14.9. The molecule has 5 saturated carbocycles. The molecule has 0 amide bonds. The molecule has 1 heterocycles. The molecule has 0 aromatic rings. The van der Waals surface area contributed by atoms with E-state index in [1.165, 1.54) is 25.7 Å². The average Bonchev–Trinajstić information content (AvgIpc) is 3.51. The second-order valence-corrected chi connectivity index (χ2v) is 10.9. The largest absolute Gasteiger partial charge is 0.458 e. The minimum atomic E-state index is -0.118. The summed E-state index contributed by atoms with van der Waals surface area (Å²) in [5.41, 5.74) is 1.64. The SMILES string of the molecule is C[C@]12CCC3C4CCC(=O)C=C4[C@@H]4C[C@@H]4C3C1C1CC1[C@@]21CCC(=O)O1. The van der Waals surface area contributed by atoms with Crippen LogP contribution in [-0.2, 0) is 14.3 Å². The van der Waals surface area contributed by atoms with Crippen LogP contribution >= 0.6 is 0 Å². The molecule has 10 atom stereocenters. The smallest absolute Gasteiger partial charge is 0.306 e. The third-order valence-corrected chi connectivity index (χ3v) is 10.2. The number of allylic oxidation sites excluding steroid dienone is 1. The third-order valence-electron chi connectivity index (χ3n) is 10.2. The van der Waals surface area contributed by atoms with Crippen LogP contribution in [0.2, 0.25) is 0 Å². The summed E-state index contributed by atoms with van der Waals surface area (Å²) in [6.45, 7) is 2.49. The lowest BCUT2D eigenvalue weighted by molar-refractivity contribution is -0.174. The molecule has 0 aromatic carbocycles. The molecule has 1 spiro atoms. The summed E-state index contributed by atoms with van der Waals surface area (Å²) in [5, 5.41) is 0. The van der Waals surface area contributed by atoms with Crippen LogP contribution in [0.3, 0.4) is 0 Å². The maximum Gasteiger partial charge on any atom is 0.306 e. The second-order valence-electron chi connectivity index (χ2n) is 10.9. The highest BCUT2D eigenvalue weighted by molar-refractivity contribution is 5.91. The van der Waals surface area contributed by atoms with Crippen LogP contribution in [0.15, 0.2) is 11.6 Å². The van der Waals surface area contributed by atoms with Crippen LogP contribution in [-0.4, -0.2) is 17.4 Å². The standard InChI is InChI=1S/C23H28O3/c1-22-6-4-13-12-3-2-11(24)8-14(12)15-9-16(15)20(13)21(22)17-10-18(17)23(22)7-5-19(25)26-23/h8,12-13,15-18,20-21H,2-7,9-10H2,1H3/t12?,13?,15-,16-,17?,18?,20?,21?,22-,23-/m0/s1. The number of carbonyl (C=O) groups is 2. The predicted molar refractivity (Wildman–Crippen MR) is 94.9 cm³/mol. The van der Waals surface area contributed by atoms with E-state index in [9.17, 15) is 9.59 Å². The molecule has 3 heteroatoms. The minimum absolute atomic E-state index is 0.0589. The van der Waals surface area contributed by atoms with Gasteiger partial charge in [0.2, 0.25) is 0 Å². The van der Waals surface area contributed by atoms with Crippen molar-refractivity contribution in [2.24, 2.45) is 52.8 Å². The summed E-state index contributed by atoms with van der Waals surface area (Å²) >= 11 is 0. The van der Waals surface area contributed by atoms with Crippen molar-refractivity contribution >= 4 is 11.8 Å². The van der Waals surface area contributed by atoms with Gasteiger partial charge in [-0.15, -0.1) is 0 Å². The van der Waals surface area contributed by atoms with Crippen molar-refractivity contribution in [2.75, 3.05) is 0 Å². The molecule has 7 aliphatic rings. The fraction of sp³-hybridized carbons (Fsp3) is 0.826. The van der Waals surface area contributed by atoms with Gasteiger partial charge < -0.3 is 4.74 Å². The summed E-state index contributed by atoms with van der Waals surface area (Å²) in [4.78, 5) is 24.1. The van der Waals surface area contributed by atoms with Crippen LogP contribution in [0, 0.1) is 52.8 Å². The highest BCUT2D eigenvalue weighted by atomic mass is 16.6. The number of rotatable bonds is 0. The van der Waals surface area contributed by atoms with Gasteiger partial charge in [-0.05, 0) is 86.0 Å². The predicted octanol–water partition coefficient (Wildman–Crippen LogP) is 3.92. The monoisotopic (exact) mass is 352 g/mol. The number of esters is 1. The minimum Gasteiger partial charge on any atom is -0.458 e. The van der Waals surface area contributed by atoms with Gasteiger partial charge in [-0.2, -0.15) is 0 Å². The van der Waals surface area contributed by atoms with Crippen molar-refractivity contribution in [3.8, 4) is 0 Å². The Bertz CT molecular complexity index is 782. The maximum atomic E-state index is 12.1. The Kier molecular flexibility index (Phi) is 2.46. The van der Waals surface area contributed by atoms with E-state index < -0.39 is 0 Å². The van der Waals surface area contributed by atoms with E-state index in [-0.39, 0.29) is 17.0 Å². The van der Waals surface area contributed by atoms with Crippen molar-refractivity contribution in [3.05, 3.63) is 11.6 Å². The molecule has 3 nitrogen and oxygen atoms in total. The lowest BCUT2D eigenvalue weighted by Gasteiger charge is -2.57. The van der Waals surface area contributed by atoms with Crippen molar-refractivity contribution in [1.82, 2.24) is 0 Å².